The Labute approximate surface area is 165 Å². The lowest BCUT2D eigenvalue weighted by atomic mass is 10.1. The van der Waals surface area contributed by atoms with Gasteiger partial charge < -0.3 is 0 Å². The Morgan fingerprint density at radius 2 is 1.66 bits per heavy atom. The largest absolute Gasteiger partial charge is 0.416 e. The number of nitrogens with one attached hydrogen (secondary N) is 1. The first-order chi connectivity index (χ1) is 13.3. The van der Waals surface area contributed by atoms with Gasteiger partial charge in [-0.15, -0.1) is 0 Å². The van der Waals surface area contributed by atoms with Crippen molar-refractivity contribution < 1.29 is 34.8 Å². The molecule has 0 fully saturated rings. The van der Waals surface area contributed by atoms with Crippen molar-refractivity contribution in [3.05, 3.63) is 65.1 Å². The highest BCUT2D eigenvalue weighted by Gasteiger charge is 2.44. The van der Waals surface area contributed by atoms with E-state index in [-0.39, 0.29) is 10.8 Å². The lowest BCUT2D eigenvalue weighted by molar-refractivity contribution is -0.153. The number of pyridine rings is 1. The van der Waals surface area contributed by atoms with Gasteiger partial charge in [0.25, 0.3) is 0 Å². The summed E-state index contributed by atoms with van der Waals surface area (Å²) in [6, 6.07) is 1.30. The van der Waals surface area contributed by atoms with Crippen molar-refractivity contribution in [1.82, 2.24) is 14.1 Å². The van der Waals surface area contributed by atoms with Crippen molar-refractivity contribution in [1.29, 1.82) is 0 Å². The third kappa shape index (κ3) is 4.49. The normalized spacial score (nSPS) is 14.3. The minimum absolute atomic E-state index is 0.0796. The number of benzene rings is 1. The van der Waals surface area contributed by atoms with Gasteiger partial charge in [-0.05, 0) is 23.8 Å². The molecule has 0 bridgehead atoms. The van der Waals surface area contributed by atoms with Crippen LogP contribution >= 0.6 is 11.6 Å². The molecule has 0 amide bonds. The van der Waals surface area contributed by atoms with Crippen LogP contribution in [-0.2, 0) is 16.2 Å². The Morgan fingerprint density at radius 3 is 2.21 bits per heavy atom. The van der Waals surface area contributed by atoms with E-state index in [2.05, 4.69) is 4.98 Å². The molecule has 2 heterocycles. The van der Waals surface area contributed by atoms with Gasteiger partial charge in [0.15, 0.2) is 0 Å². The quantitative estimate of drug-likeness (QED) is 0.583. The highest BCUT2D eigenvalue weighted by atomic mass is 35.5. The Bertz CT molecular complexity index is 1140. The summed E-state index contributed by atoms with van der Waals surface area (Å²) >= 11 is 5.81. The van der Waals surface area contributed by atoms with E-state index in [0.29, 0.717) is 24.3 Å². The van der Waals surface area contributed by atoms with Crippen molar-refractivity contribution in [3.8, 4) is 0 Å². The van der Waals surface area contributed by atoms with Gasteiger partial charge in [-0.2, -0.15) is 31.1 Å². The summed E-state index contributed by atoms with van der Waals surface area (Å²) in [5.41, 5.74) is -1.78. The lowest BCUT2D eigenvalue weighted by Crippen LogP contribution is -2.38. The van der Waals surface area contributed by atoms with Crippen molar-refractivity contribution >= 4 is 27.3 Å². The van der Waals surface area contributed by atoms with Crippen LogP contribution < -0.4 is 4.72 Å². The molecule has 156 valence electrons. The molecular formula is C16H10ClF6N3O2S. The second kappa shape index (κ2) is 7.18. The molecule has 0 radical (unpaired) electrons. The number of imidazole rings is 1. The monoisotopic (exact) mass is 457 g/mol. The number of sulfonamides is 1. The maximum atomic E-state index is 13.5. The van der Waals surface area contributed by atoms with Gasteiger partial charge in [0, 0.05) is 12.3 Å². The molecule has 0 aliphatic heterocycles. The molecule has 0 saturated carbocycles. The smallest absolute Gasteiger partial charge is 0.290 e. The fraction of sp³-hybridized carbons (Fsp3) is 0.188. The third-order valence-corrected chi connectivity index (χ3v) is 5.62. The van der Waals surface area contributed by atoms with Crippen molar-refractivity contribution in [3.63, 3.8) is 0 Å². The highest BCUT2D eigenvalue weighted by molar-refractivity contribution is 7.89. The van der Waals surface area contributed by atoms with Crippen LogP contribution in [0.25, 0.3) is 5.65 Å². The zero-order chi connectivity index (χ0) is 21.6. The number of hydrogen-bond acceptors (Lipinski definition) is 3. The fourth-order valence-electron chi connectivity index (χ4n) is 2.51. The third-order valence-electron chi connectivity index (χ3n) is 3.92. The zero-order valence-corrected chi connectivity index (χ0v) is 15.5. The number of alkyl halides is 6. The molecule has 1 aromatic carbocycles. The van der Waals surface area contributed by atoms with Crippen molar-refractivity contribution in [2.75, 3.05) is 0 Å². The Balaban J connectivity index is 1.97. The van der Waals surface area contributed by atoms with Gasteiger partial charge in [0.05, 0.1) is 16.7 Å². The molecular weight excluding hydrogens is 448 g/mol. The van der Waals surface area contributed by atoms with E-state index < -0.39 is 44.4 Å². The predicted octanol–water partition coefficient (Wildman–Crippen LogP) is 4.59. The molecule has 1 atom stereocenters. The summed E-state index contributed by atoms with van der Waals surface area (Å²) in [5.74, 6) is 0. The topological polar surface area (TPSA) is 63.5 Å². The molecule has 5 nitrogen and oxygen atoms in total. The van der Waals surface area contributed by atoms with Crippen LogP contribution in [0.15, 0.2) is 53.7 Å². The standard InChI is InChI=1S/C16H10ClF6N3O2S/c17-12-8-24-13-7-11(5-6-26(12)13)29(27,28)25-14(16(21,22)23)9-1-3-10(4-2-9)15(18,19)20/h1-8,14,25H. The number of hydrogen-bond donors (Lipinski definition) is 1. The number of fused-ring (bicyclic) bond motifs is 1. The van der Waals surface area contributed by atoms with Crippen LogP contribution in [0.3, 0.4) is 0 Å². The molecule has 0 spiro atoms. The van der Waals surface area contributed by atoms with E-state index in [9.17, 15) is 34.8 Å². The van der Waals surface area contributed by atoms with Gasteiger partial charge >= 0.3 is 12.4 Å². The Kier molecular flexibility index (Phi) is 5.30. The molecule has 3 aromatic rings. The van der Waals surface area contributed by atoms with Crippen LogP contribution in [0.5, 0.6) is 0 Å². The van der Waals surface area contributed by atoms with Crippen LogP contribution in [0.4, 0.5) is 26.3 Å². The maximum absolute atomic E-state index is 13.5. The highest BCUT2D eigenvalue weighted by Crippen LogP contribution is 2.36. The minimum Gasteiger partial charge on any atom is -0.290 e. The average molecular weight is 458 g/mol. The molecule has 29 heavy (non-hydrogen) atoms. The minimum atomic E-state index is -5.10. The predicted molar refractivity (Wildman–Crippen MR) is 90.8 cm³/mol. The Hall–Kier alpha value is -2.31. The molecule has 3 rings (SSSR count). The van der Waals surface area contributed by atoms with Gasteiger partial charge in [-0.1, -0.05) is 23.7 Å². The van der Waals surface area contributed by atoms with Crippen LogP contribution in [-0.4, -0.2) is 24.0 Å². The molecule has 1 N–H and O–H groups in total. The van der Waals surface area contributed by atoms with Gasteiger partial charge in [-0.25, -0.2) is 13.4 Å². The van der Waals surface area contributed by atoms with Gasteiger partial charge in [0.1, 0.15) is 16.8 Å². The van der Waals surface area contributed by atoms with E-state index in [1.807, 2.05) is 0 Å². The second-order valence-corrected chi connectivity index (χ2v) is 7.99. The van der Waals surface area contributed by atoms with Crippen molar-refractivity contribution in [2.24, 2.45) is 0 Å². The number of rotatable bonds is 4. The van der Waals surface area contributed by atoms with E-state index in [4.69, 9.17) is 11.6 Å². The summed E-state index contributed by atoms with van der Waals surface area (Å²) in [6.07, 6.45) is -7.42. The average Bonchev–Trinajstić information content (AvgIpc) is 2.99. The fourth-order valence-corrected chi connectivity index (χ4v) is 3.92. The molecule has 0 aliphatic carbocycles. The molecule has 0 aliphatic rings. The first-order valence-corrected chi connectivity index (χ1v) is 9.54. The molecule has 0 saturated heterocycles. The summed E-state index contributed by atoms with van der Waals surface area (Å²) in [7, 11) is -4.70. The SMILES string of the molecule is O=S(=O)(NC(c1ccc(C(F)(F)F)cc1)C(F)(F)F)c1ccn2c(Cl)cnc2c1. The summed E-state index contributed by atoms with van der Waals surface area (Å²) in [5, 5.41) is 0.162. The van der Waals surface area contributed by atoms with Gasteiger partial charge in [-0.3, -0.25) is 4.40 Å². The summed E-state index contributed by atoms with van der Waals surface area (Å²) < 4.78 is 106. The van der Waals surface area contributed by atoms with Crippen LogP contribution in [0.2, 0.25) is 5.15 Å². The maximum Gasteiger partial charge on any atom is 0.416 e. The molecule has 1 unspecified atom stereocenters. The number of halogens is 7. The molecule has 2 aromatic heterocycles. The zero-order valence-electron chi connectivity index (χ0n) is 14.0. The molecule has 13 heteroatoms. The summed E-state index contributed by atoms with van der Waals surface area (Å²) in [6.45, 7) is 0. The van der Waals surface area contributed by atoms with Crippen molar-refractivity contribution in [2.45, 2.75) is 23.3 Å². The van der Waals surface area contributed by atoms with E-state index >= 15 is 0 Å². The van der Waals surface area contributed by atoms with Crippen LogP contribution in [0, 0.1) is 0 Å². The second-order valence-electron chi connectivity index (χ2n) is 5.89. The first-order valence-electron chi connectivity index (χ1n) is 7.68. The number of nitrogens with zero attached hydrogens (tertiary/aromatic N) is 2. The van der Waals surface area contributed by atoms with E-state index in [0.717, 1.165) is 12.1 Å². The number of aromatic nitrogens is 2. The van der Waals surface area contributed by atoms with E-state index in [1.54, 1.807) is 0 Å². The Morgan fingerprint density at radius 1 is 1.03 bits per heavy atom. The van der Waals surface area contributed by atoms with E-state index in [1.165, 1.54) is 21.5 Å². The lowest BCUT2D eigenvalue weighted by Gasteiger charge is -2.22. The van der Waals surface area contributed by atoms with Crippen LogP contribution in [0.1, 0.15) is 17.2 Å². The van der Waals surface area contributed by atoms with Gasteiger partial charge in [0.2, 0.25) is 10.0 Å². The first kappa shape index (κ1) is 21.4. The summed E-state index contributed by atoms with van der Waals surface area (Å²) in [4.78, 5) is 3.30.